The second-order valence-corrected chi connectivity index (χ2v) is 8.48. The molecule has 1 heterocycles. The van der Waals surface area contributed by atoms with Crippen molar-refractivity contribution < 1.29 is 13.2 Å². The zero-order valence-corrected chi connectivity index (χ0v) is 16.3. The Kier molecular flexibility index (Phi) is 7.44. The van der Waals surface area contributed by atoms with Crippen molar-refractivity contribution in [1.29, 1.82) is 0 Å². The summed E-state index contributed by atoms with van der Waals surface area (Å²) in [6.07, 6.45) is 5.29. The summed E-state index contributed by atoms with van der Waals surface area (Å²) in [6, 6.07) is 6.87. The minimum absolute atomic E-state index is 0.101. The van der Waals surface area contributed by atoms with E-state index in [1.807, 2.05) is 17.0 Å². The SMILES string of the molecule is CN=C(NCCc1ccc(S(C)(=O)=O)cc1)NCC(=O)N1CCCCC1. The van der Waals surface area contributed by atoms with Crippen LogP contribution in [0.4, 0.5) is 0 Å². The van der Waals surface area contributed by atoms with Gasteiger partial charge in [-0.05, 0) is 43.4 Å². The molecule has 1 amide bonds. The van der Waals surface area contributed by atoms with Gasteiger partial charge < -0.3 is 15.5 Å². The maximum atomic E-state index is 12.2. The van der Waals surface area contributed by atoms with Gasteiger partial charge in [-0.25, -0.2) is 8.42 Å². The molecule has 7 nitrogen and oxygen atoms in total. The molecule has 0 unspecified atom stereocenters. The largest absolute Gasteiger partial charge is 0.356 e. The first-order valence-electron chi connectivity index (χ1n) is 8.91. The number of aliphatic imine (C=N–C) groups is 1. The van der Waals surface area contributed by atoms with Gasteiger partial charge in [0.15, 0.2) is 15.8 Å². The summed E-state index contributed by atoms with van der Waals surface area (Å²) in [4.78, 5) is 18.5. The Hall–Kier alpha value is -2.09. The van der Waals surface area contributed by atoms with E-state index in [0.29, 0.717) is 17.4 Å². The second-order valence-electron chi connectivity index (χ2n) is 6.46. The van der Waals surface area contributed by atoms with Crippen molar-refractivity contribution >= 4 is 21.7 Å². The van der Waals surface area contributed by atoms with Crippen LogP contribution in [0.3, 0.4) is 0 Å². The van der Waals surface area contributed by atoms with Crippen LogP contribution in [0.5, 0.6) is 0 Å². The zero-order valence-electron chi connectivity index (χ0n) is 15.5. The monoisotopic (exact) mass is 380 g/mol. The van der Waals surface area contributed by atoms with E-state index in [1.54, 1.807) is 19.2 Å². The summed E-state index contributed by atoms with van der Waals surface area (Å²) in [7, 11) is -1.49. The van der Waals surface area contributed by atoms with Gasteiger partial charge in [0.25, 0.3) is 0 Å². The number of hydrogen-bond acceptors (Lipinski definition) is 4. The van der Waals surface area contributed by atoms with Gasteiger partial charge in [-0.3, -0.25) is 9.79 Å². The van der Waals surface area contributed by atoms with E-state index < -0.39 is 9.84 Å². The highest BCUT2D eigenvalue weighted by atomic mass is 32.2. The van der Waals surface area contributed by atoms with Crippen LogP contribution < -0.4 is 10.6 Å². The van der Waals surface area contributed by atoms with Crippen molar-refractivity contribution in [2.75, 3.05) is 39.5 Å². The van der Waals surface area contributed by atoms with E-state index in [2.05, 4.69) is 15.6 Å². The lowest BCUT2D eigenvalue weighted by Gasteiger charge is -2.27. The minimum atomic E-state index is -3.16. The van der Waals surface area contributed by atoms with Crippen LogP contribution in [-0.4, -0.2) is 64.7 Å². The lowest BCUT2D eigenvalue weighted by molar-refractivity contribution is -0.130. The van der Waals surface area contributed by atoms with Crippen LogP contribution >= 0.6 is 0 Å². The normalized spacial score (nSPS) is 15.6. The first kappa shape index (κ1) is 20.2. The third-order valence-corrected chi connectivity index (χ3v) is 5.53. The third-order valence-electron chi connectivity index (χ3n) is 4.40. The van der Waals surface area contributed by atoms with Gasteiger partial charge in [0.05, 0.1) is 11.4 Å². The van der Waals surface area contributed by atoms with Gasteiger partial charge in [0.1, 0.15) is 0 Å². The number of carbonyl (C=O) groups excluding carboxylic acids is 1. The van der Waals surface area contributed by atoms with Crippen molar-refractivity contribution in [3.63, 3.8) is 0 Å². The number of benzene rings is 1. The molecule has 1 aliphatic rings. The lowest BCUT2D eigenvalue weighted by atomic mass is 10.1. The first-order chi connectivity index (χ1) is 12.4. The molecule has 1 aromatic carbocycles. The standard InChI is InChI=1S/C18H28N4O3S/c1-19-18(21-14-17(23)22-12-4-3-5-13-22)20-11-10-15-6-8-16(9-7-15)26(2,24)25/h6-9H,3-5,10-14H2,1-2H3,(H2,19,20,21). The smallest absolute Gasteiger partial charge is 0.241 e. The molecular weight excluding hydrogens is 352 g/mol. The molecule has 8 heteroatoms. The number of hydrogen-bond donors (Lipinski definition) is 2. The maximum absolute atomic E-state index is 12.2. The summed E-state index contributed by atoms with van der Waals surface area (Å²) in [5.41, 5.74) is 1.03. The predicted molar refractivity (Wildman–Crippen MR) is 103 cm³/mol. The molecule has 0 aliphatic carbocycles. The highest BCUT2D eigenvalue weighted by molar-refractivity contribution is 7.90. The number of amides is 1. The van der Waals surface area contributed by atoms with Gasteiger partial charge in [-0.15, -0.1) is 0 Å². The summed E-state index contributed by atoms with van der Waals surface area (Å²) >= 11 is 0. The molecule has 0 spiro atoms. The van der Waals surface area contributed by atoms with Crippen LogP contribution in [0, 0.1) is 0 Å². The second kappa shape index (κ2) is 9.56. The van der Waals surface area contributed by atoms with E-state index >= 15 is 0 Å². The molecule has 0 aromatic heterocycles. The van der Waals surface area contributed by atoms with Gasteiger partial charge in [0.2, 0.25) is 5.91 Å². The summed E-state index contributed by atoms with van der Waals surface area (Å²) in [5, 5.41) is 6.22. The van der Waals surface area contributed by atoms with Crippen LogP contribution in [0.15, 0.2) is 34.2 Å². The van der Waals surface area contributed by atoms with E-state index in [-0.39, 0.29) is 12.5 Å². The fraction of sp³-hybridized carbons (Fsp3) is 0.556. The van der Waals surface area contributed by atoms with Crippen LogP contribution in [0.1, 0.15) is 24.8 Å². The highest BCUT2D eigenvalue weighted by Crippen LogP contribution is 2.10. The molecular formula is C18H28N4O3S. The number of likely N-dealkylation sites (tertiary alicyclic amines) is 1. The van der Waals surface area contributed by atoms with Crippen LogP contribution in [-0.2, 0) is 21.1 Å². The number of guanidine groups is 1. The molecule has 1 fully saturated rings. The summed E-state index contributed by atoms with van der Waals surface area (Å²) in [5.74, 6) is 0.687. The molecule has 1 aliphatic heterocycles. The Bertz CT molecular complexity index is 723. The molecule has 1 saturated heterocycles. The predicted octanol–water partition coefficient (Wildman–Crippen LogP) is 0.810. The van der Waals surface area contributed by atoms with E-state index in [9.17, 15) is 13.2 Å². The fourth-order valence-corrected chi connectivity index (χ4v) is 3.49. The Morgan fingerprint density at radius 3 is 2.35 bits per heavy atom. The fourth-order valence-electron chi connectivity index (χ4n) is 2.86. The molecule has 2 N–H and O–H groups in total. The average molecular weight is 381 g/mol. The van der Waals surface area contributed by atoms with Crippen LogP contribution in [0.25, 0.3) is 0 Å². The lowest BCUT2D eigenvalue weighted by Crippen LogP contribution is -2.46. The summed E-state index contributed by atoms with van der Waals surface area (Å²) in [6.45, 7) is 2.56. The van der Waals surface area contributed by atoms with Crippen molar-refractivity contribution in [2.24, 2.45) is 4.99 Å². The number of nitrogens with one attached hydrogen (secondary N) is 2. The van der Waals surface area contributed by atoms with E-state index in [4.69, 9.17) is 0 Å². The van der Waals surface area contributed by atoms with Crippen molar-refractivity contribution in [2.45, 2.75) is 30.6 Å². The number of nitrogens with zero attached hydrogens (tertiary/aromatic N) is 2. The molecule has 0 bridgehead atoms. The topological polar surface area (TPSA) is 90.9 Å². The van der Waals surface area contributed by atoms with E-state index in [0.717, 1.165) is 37.9 Å². The average Bonchev–Trinajstić information content (AvgIpc) is 2.64. The molecule has 144 valence electrons. The number of rotatable bonds is 6. The van der Waals surface area contributed by atoms with Gasteiger partial charge in [-0.1, -0.05) is 12.1 Å². The highest BCUT2D eigenvalue weighted by Gasteiger charge is 2.16. The van der Waals surface area contributed by atoms with Crippen molar-refractivity contribution in [1.82, 2.24) is 15.5 Å². The number of piperidine rings is 1. The molecule has 0 saturated carbocycles. The third kappa shape index (κ3) is 6.33. The molecule has 0 atom stereocenters. The number of carbonyl (C=O) groups is 1. The number of sulfone groups is 1. The molecule has 26 heavy (non-hydrogen) atoms. The molecule has 2 rings (SSSR count). The first-order valence-corrected chi connectivity index (χ1v) is 10.8. The minimum Gasteiger partial charge on any atom is -0.356 e. The Morgan fingerprint density at radius 2 is 1.77 bits per heavy atom. The Balaban J connectivity index is 1.74. The maximum Gasteiger partial charge on any atom is 0.241 e. The summed E-state index contributed by atoms with van der Waals surface area (Å²) < 4.78 is 22.9. The van der Waals surface area contributed by atoms with Gasteiger partial charge in [-0.2, -0.15) is 0 Å². The molecule has 1 aromatic rings. The van der Waals surface area contributed by atoms with E-state index in [1.165, 1.54) is 12.7 Å². The van der Waals surface area contributed by atoms with Gasteiger partial charge in [0, 0.05) is 32.9 Å². The Morgan fingerprint density at radius 1 is 1.12 bits per heavy atom. The zero-order chi connectivity index (χ0) is 19.0. The van der Waals surface area contributed by atoms with Crippen molar-refractivity contribution in [3.8, 4) is 0 Å². The van der Waals surface area contributed by atoms with Crippen molar-refractivity contribution in [3.05, 3.63) is 29.8 Å². The molecule has 0 radical (unpaired) electrons. The Labute approximate surface area is 155 Å². The van der Waals surface area contributed by atoms with Crippen LogP contribution in [0.2, 0.25) is 0 Å². The van der Waals surface area contributed by atoms with Gasteiger partial charge >= 0.3 is 0 Å². The quantitative estimate of drug-likeness (QED) is 0.563.